The van der Waals surface area contributed by atoms with Crippen LogP contribution in [0.15, 0.2) is 51.7 Å². The van der Waals surface area contributed by atoms with Crippen LogP contribution in [0.1, 0.15) is 15.9 Å². The first-order chi connectivity index (χ1) is 18.3. The quantitative estimate of drug-likeness (QED) is 0.261. The van der Waals surface area contributed by atoms with Gasteiger partial charge in [0.2, 0.25) is 16.9 Å². The van der Waals surface area contributed by atoms with Gasteiger partial charge in [-0.2, -0.15) is 0 Å². The van der Waals surface area contributed by atoms with E-state index in [1.54, 1.807) is 31.2 Å². The van der Waals surface area contributed by atoms with Crippen LogP contribution in [0.2, 0.25) is 5.02 Å². The van der Waals surface area contributed by atoms with Gasteiger partial charge in [0, 0.05) is 10.6 Å². The zero-order chi connectivity index (χ0) is 27.6. The molecule has 38 heavy (non-hydrogen) atoms. The Morgan fingerprint density at radius 1 is 0.763 bits per heavy atom. The third-order valence-corrected chi connectivity index (χ3v) is 6.28. The third kappa shape index (κ3) is 4.80. The molecule has 0 radical (unpaired) electrons. The van der Waals surface area contributed by atoms with Gasteiger partial charge in [-0.3, -0.25) is 4.79 Å². The molecule has 4 rings (SSSR count). The second-order valence-electron chi connectivity index (χ2n) is 8.06. The summed E-state index contributed by atoms with van der Waals surface area (Å²) >= 11 is 6.28. The van der Waals surface area contributed by atoms with Crippen molar-refractivity contribution in [2.45, 2.75) is 6.92 Å². The molecule has 0 spiro atoms. The van der Waals surface area contributed by atoms with E-state index >= 15 is 0 Å². The Bertz CT molecular complexity index is 1570. The van der Waals surface area contributed by atoms with Crippen molar-refractivity contribution >= 4 is 28.5 Å². The van der Waals surface area contributed by atoms with E-state index in [4.69, 9.17) is 44.4 Å². The number of rotatable bonds is 8. The summed E-state index contributed by atoms with van der Waals surface area (Å²) in [4.78, 5) is 27.0. The average molecular weight is 541 g/mol. The van der Waals surface area contributed by atoms with Gasteiger partial charge < -0.3 is 32.8 Å². The van der Waals surface area contributed by atoms with Crippen LogP contribution in [0, 0.1) is 6.92 Å². The van der Waals surface area contributed by atoms with Gasteiger partial charge in [0.25, 0.3) is 0 Å². The molecular formula is C28H25ClO9. The number of halogens is 1. The lowest BCUT2D eigenvalue weighted by Gasteiger charge is -2.15. The van der Waals surface area contributed by atoms with Gasteiger partial charge in [-0.25, -0.2) is 4.79 Å². The highest BCUT2D eigenvalue weighted by molar-refractivity contribution is 6.32. The lowest BCUT2D eigenvalue weighted by Crippen LogP contribution is -2.17. The van der Waals surface area contributed by atoms with Crippen LogP contribution in [-0.4, -0.2) is 41.5 Å². The van der Waals surface area contributed by atoms with Gasteiger partial charge >= 0.3 is 5.97 Å². The predicted octanol–water partition coefficient (Wildman–Crippen LogP) is 5.68. The molecule has 0 fully saturated rings. The summed E-state index contributed by atoms with van der Waals surface area (Å²) in [6.07, 6.45) is 0. The summed E-state index contributed by atoms with van der Waals surface area (Å²) in [5, 5.41) is 0.517. The normalized spacial score (nSPS) is 10.7. The molecule has 0 aliphatic rings. The molecule has 0 bridgehead atoms. The Balaban J connectivity index is 1.93. The third-order valence-electron chi connectivity index (χ3n) is 5.87. The first kappa shape index (κ1) is 26.7. The zero-order valence-electron chi connectivity index (χ0n) is 21.6. The van der Waals surface area contributed by atoms with Gasteiger partial charge in [0.05, 0.1) is 46.5 Å². The first-order valence-corrected chi connectivity index (χ1v) is 11.7. The van der Waals surface area contributed by atoms with Crippen molar-refractivity contribution in [2.75, 3.05) is 35.5 Å². The first-order valence-electron chi connectivity index (χ1n) is 11.3. The fourth-order valence-corrected chi connectivity index (χ4v) is 4.07. The molecule has 0 aliphatic heterocycles. The highest BCUT2D eigenvalue weighted by Crippen LogP contribution is 2.40. The Labute approximate surface area is 223 Å². The maximum atomic E-state index is 13.7. The number of fused-ring (bicyclic) bond motifs is 1. The maximum Gasteiger partial charge on any atom is 0.344 e. The molecule has 0 saturated carbocycles. The smallest absolute Gasteiger partial charge is 0.344 e. The van der Waals surface area contributed by atoms with Crippen LogP contribution in [0.25, 0.3) is 22.3 Å². The molecule has 0 N–H and O–H groups in total. The highest BCUT2D eigenvalue weighted by Gasteiger charge is 2.25. The summed E-state index contributed by atoms with van der Waals surface area (Å²) in [6.45, 7) is 1.79. The number of methoxy groups -OCH3 is 5. The lowest BCUT2D eigenvalue weighted by molar-refractivity contribution is 0.0730. The molecule has 0 unspecified atom stereocenters. The van der Waals surface area contributed by atoms with Crippen molar-refractivity contribution in [1.82, 2.24) is 0 Å². The van der Waals surface area contributed by atoms with Crippen molar-refractivity contribution in [3.8, 4) is 45.8 Å². The van der Waals surface area contributed by atoms with E-state index in [2.05, 4.69) is 0 Å². The largest absolute Gasteiger partial charge is 0.493 e. The Hall–Kier alpha value is -4.37. The zero-order valence-corrected chi connectivity index (χ0v) is 22.3. The minimum atomic E-state index is -0.851. The lowest BCUT2D eigenvalue weighted by atomic mass is 10.1. The standard InChI is InChI=1S/C28H25ClO9/c1-14-9-20-17(13-18(14)29)24(30)27(25(37-20)15-7-8-19(32-2)21(10-15)33-3)38-28(31)16-11-22(34-4)26(36-6)23(12-16)35-5/h7-13H,1-6H3. The SMILES string of the molecule is COc1ccc(-c2oc3cc(C)c(Cl)cc3c(=O)c2OC(=O)c2cc(OC)c(OC)c(OC)c2)cc1OC. The highest BCUT2D eigenvalue weighted by atomic mass is 35.5. The molecule has 0 saturated heterocycles. The molecule has 9 nitrogen and oxygen atoms in total. The van der Waals surface area contributed by atoms with Crippen molar-refractivity contribution in [3.05, 3.63) is 68.8 Å². The maximum absolute atomic E-state index is 13.7. The molecule has 10 heteroatoms. The summed E-state index contributed by atoms with van der Waals surface area (Å²) < 4.78 is 38.5. The summed E-state index contributed by atoms with van der Waals surface area (Å²) in [6, 6.07) is 10.9. The Morgan fingerprint density at radius 2 is 1.39 bits per heavy atom. The second kappa shape index (κ2) is 10.9. The Morgan fingerprint density at radius 3 is 1.97 bits per heavy atom. The molecule has 4 aromatic rings. The molecule has 1 heterocycles. The molecule has 198 valence electrons. The minimum absolute atomic E-state index is 0.0194. The van der Waals surface area contributed by atoms with Gasteiger partial charge in [-0.15, -0.1) is 0 Å². The van der Waals surface area contributed by atoms with Crippen molar-refractivity contribution in [1.29, 1.82) is 0 Å². The topological polar surface area (TPSA) is 103 Å². The van der Waals surface area contributed by atoms with E-state index < -0.39 is 11.4 Å². The fourth-order valence-electron chi connectivity index (χ4n) is 3.91. The molecule has 1 aromatic heterocycles. The molecule has 0 amide bonds. The number of aryl methyl sites for hydroxylation is 1. The van der Waals surface area contributed by atoms with Crippen LogP contribution in [0.4, 0.5) is 0 Å². The summed E-state index contributed by atoms with van der Waals surface area (Å²) in [5.41, 5.74) is 0.872. The Kier molecular flexibility index (Phi) is 7.68. The minimum Gasteiger partial charge on any atom is -0.493 e. The van der Waals surface area contributed by atoms with Crippen LogP contribution in [0.5, 0.6) is 34.5 Å². The average Bonchev–Trinajstić information content (AvgIpc) is 2.94. The predicted molar refractivity (Wildman–Crippen MR) is 142 cm³/mol. The molecular weight excluding hydrogens is 516 g/mol. The van der Waals surface area contributed by atoms with Crippen LogP contribution in [-0.2, 0) is 0 Å². The number of hydrogen-bond acceptors (Lipinski definition) is 9. The van der Waals surface area contributed by atoms with Crippen LogP contribution >= 0.6 is 11.6 Å². The van der Waals surface area contributed by atoms with Crippen LogP contribution in [0.3, 0.4) is 0 Å². The number of ether oxygens (including phenoxy) is 6. The second-order valence-corrected chi connectivity index (χ2v) is 8.47. The van der Waals surface area contributed by atoms with Gasteiger partial charge in [-0.05, 0) is 55.0 Å². The van der Waals surface area contributed by atoms with E-state index in [0.717, 1.165) is 0 Å². The molecule has 3 aromatic carbocycles. The van der Waals surface area contributed by atoms with Crippen molar-refractivity contribution < 1.29 is 37.6 Å². The van der Waals surface area contributed by atoms with E-state index in [9.17, 15) is 9.59 Å². The number of hydrogen-bond donors (Lipinski definition) is 0. The fraction of sp³-hybridized carbons (Fsp3) is 0.214. The molecule has 0 aliphatic carbocycles. The van der Waals surface area contributed by atoms with E-state index in [1.165, 1.54) is 53.7 Å². The van der Waals surface area contributed by atoms with Crippen molar-refractivity contribution in [2.24, 2.45) is 0 Å². The number of carbonyl (C=O) groups is 1. The van der Waals surface area contributed by atoms with Crippen LogP contribution < -0.4 is 33.8 Å². The van der Waals surface area contributed by atoms with Crippen molar-refractivity contribution in [3.63, 3.8) is 0 Å². The summed E-state index contributed by atoms with van der Waals surface area (Å²) in [5.74, 6) is 0.483. The van der Waals surface area contributed by atoms with Gasteiger partial charge in [0.15, 0.2) is 28.8 Å². The van der Waals surface area contributed by atoms with Gasteiger partial charge in [-0.1, -0.05) is 11.6 Å². The van der Waals surface area contributed by atoms with Gasteiger partial charge in [0.1, 0.15) is 5.58 Å². The number of esters is 1. The molecule has 0 atom stereocenters. The van der Waals surface area contributed by atoms with E-state index in [-0.39, 0.29) is 39.5 Å². The monoisotopic (exact) mass is 540 g/mol. The number of carbonyl (C=O) groups excluding carboxylic acids is 1. The van der Waals surface area contributed by atoms with E-state index in [0.29, 0.717) is 33.4 Å². The van der Waals surface area contributed by atoms with E-state index in [1.807, 2.05) is 0 Å². The summed E-state index contributed by atoms with van der Waals surface area (Å²) in [7, 11) is 7.27. The number of benzene rings is 3.